The number of hydrogen-bond acceptors (Lipinski definition) is 4. The Hall–Kier alpha value is -2.86. The average molecular weight is 441 g/mol. The number of fused-ring (bicyclic) bond motifs is 4. The van der Waals surface area contributed by atoms with Crippen molar-refractivity contribution in [3.63, 3.8) is 0 Å². The second kappa shape index (κ2) is 7.09. The molecule has 1 aliphatic heterocycles. The van der Waals surface area contributed by atoms with Crippen LogP contribution in [-0.4, -0.2) is 43.7 Å². The van der Waals surface area contributed by atoms with Gasteiger partial charge < -0.3 is 24.1 Å². The number of carbonyl (C=O) groups is 1. The summed E-state index contributed by atoms with van der Waals surface area (Å²) in [5, 5.41) is 1.63. The van der Waals surface area contributed by atoms with E-state index >= 15 is 0 Å². The number of nitrogens with zero attached hydrogens (tertiary/aromatic N) is 1. The molecular formula is C24H25ClN2O4. The number of methoxy groups -OCH3 is 3. The van der Waals surface area contributed by atoms with Gasteiger partial charge in [-0.1, -0.05) is 17.7 Å². The lowest BCUT2D eigenvalue weighted by Crippen LogP contribution is -2.44. The van der Waals surface area contributed by atoms with Gasteiger partial charge >= 0.3 is 0 Å². The Kier molecular flexibility index (Phi) is 4.59. The number of benzene rings is 2. The summed E-state index contributed by atoms with van der Waals surface area (Å²) in [5.74, 6) is 2.11. The molecule has 1 aromatic heterocycles. The van der Waals surface area contributed by atoms with Gasteiger partial charge in [-0.2, -0.15) is 0 Å². The number of hydrogen-bond donors (Lipinski definition) is 1. The minimum Gasteiger partial charge on any atom is -0.496 e. The molecule has 31 heavy (non-hydrogen) atoms. The first-order valence-electron chi connectivity index (χ1n) is 10.3. The zero-order chi connectivity index (χ0) is 21.9. The van der Waals surface area contributed by atoms with Gasteiger partial charge in [0.15, 0.2) is 11.5 Å². The summed E-state index contributed by atoms with van der Waals surface area (Å²) in [6, 6.07) is 9.19. The highest BCUT2D eigenvalue weighted by atomic mass is 35.5. The van der Waals surface area contributed by atoms with E-state index in [0.717, 1.165) is 40.8 Å². The Labute approximate surface area is 186 Å². The molecule has 0 bridgehead atoms. The van der Waals surface area contributed by atoms with Crippen LogP contribution in [0.15, 0.2) is 30.3 Å². The summed E-state index contributed by atoms with van der Waals surface area (Å²) < 4.78 is 17.0. The van der Waals surface area contributed by atoms with Gasteiger partial charge in [-0.15, -0.1) is 0 Å². The van der Waals surface area contributed by atoms with Crippen molar-refractivity contribution in [1.29, 1.82) is 0 Å². The molecule has 3 aromatic rings. The number of carbonyl (C=O) groups excluding carboxylic acids is 1. The van der Waals surface area contributed by atoms with Crippen LogP contribution in [-0.2, 0) is 10.2 Å². The lowest BCUT2D eigenvalue weighted by molar-refractivity contribution is -0.131. The lowest BCUT2D eigenvalue weighted by atomic mass is 9.82. The Morgan fingerprint density at radius 3 is 2.45 bits per heavy atom. The van der Waals surface area contributed by atoms with Crippen LogP contribution in [0, 0.1) is 0 Å². The maximum absolute atomic E-state index is 12.8. The van der Waals surface area contributed by atoms with Crippen LogP contribution in [0.5, 0.6) is 17.2 Å². The standard InChI is InChI=1S/C24H25ClN2O4/c1-13(28)27-12-24(9-10-24)20-19-16(7-8-17(29-2)23(19)31-4)26-21(20)22(27)15-6-5-14(25)11-18(15)30-3/h5-8,11,22,26H,9-10,12H2,1-4H3. The minimum absolute atomic E-state index is 0.0297. The quantitative estimate of drug-likeness (QED) is 0.631. The van der Waals surface area contributed by atoms with Gasteiger partial charge in [0.2, 0.25) is 5.91 Å². The van der Waals surface area contributed by atoms with E-state index in [9.17, 15) is 4.79 Å². The van der Waals surface area contributed by atoms with E-state index in [2.05, 4.69) is 4.98 Å². The van der Waals surface area contributed by atoms with Crippen molar-refractivity contribution in [1.82, 2.24) is 9.88 Å². The highest BCUT2D eigenvalue weighted by Crippen LogP contribution is 2.60. The van der Waals surface area contributed by atoms with E-state index in [0.29, 0.717) is 23.1 Å². The highest BCUT2D eigenvalue weighted by molar-refractivity contribution is 6.30. The first-order valence-corrected chi connectivity index (χ1v) is 10.7. The smallest absolute Gasteiger partial charge is 0.220 e. The number of halogens is 1. The molecule has 1 spiro atoms. The van der Waals surface area contributed by atoms with Crippen molar-refractivity contribution in [2.75, 3.05) is 27.9 Å². The Balaban J connectivity index is 1.84. The van der Waals surface area contributed by atoms with E-state index in [4.69, 9.17) is 25.8 Å². The second-order valence-electron chi connectivity index (χ2n) is 8.35. The van der Waals surface area contributed by atoms with Crippen molar-refractivity contribution in [3.8, 4) is 17.2 Å². The fourth-order valence-electron chi connectivity index (χ4n) is 5.12. The number of aromatic amines is 1. The summed E-state index contributed by atoms with van der Waals surface area (Å²) in [6.45, 7) is 2.28. The maximum Gasteiger partial charge on any atom is 0.220 e. The summed E-state index contributed by atoms with van der Waals surface area (Å²) in [5.41, 5.74) is 4.02. The van der Waals surface area contributed by atoms with Gasteiger partial charge in [-0.3, -0.25) is 4.79 Å². The predicted molar refractivity (Wildman–Crippen MR) is 120 cm³/mol. The molecule has 1 amide bonds. The number of nitrogens with one attached hydrogen (secondary N) is 1. The second-order valence-corrected chi connectivity index (χ2v) is 8.79. The van der Waals surface area contributed by atoms with Crippen LogP contribution in [0.4, 0.5) is 0 Å². The van der Waals surface area contributed by atoms with Gasteiger partial charge in [0.1, 0.15) is 11.8 Å². The Morgan fingerprint density at radius 1 is 1.10 bits per heavy atom. The first-order chi connectivity index (χ1) is 14.9. The summed E-state index contributed by atoms with van der Waals surface area (Å²) in [6.07, 6.45) is 2.06. The molecule has 2 aromatic carbocycles. The van der Waals surface area contributed by atoms with E-state index in [1.807, 2.05) is 29.2 Å². The molecule has 1 aliphatic carbocycles. The van der Waals surface area contributed by atoms with E-state index in [-0.39, 0.29) is 17.4 Å². The Morgan fingerprint density at radius 2 is 1.84 bits per heavy atom. The molecule has 7 heteroatoms. The van der Waals surface area contributed by atoms with Crippen molar-refractivity contribution >= 4 is 28.4 Å². The molecular weight excluding hydrogens is 416 g/mol. The van der Waals surface area contributed by atoms with Crippen LogP contribution < -0.4 is 14.2 Å². The van der Waals surface area contributed by atoms with Crippen LogP contribution in [0.25, 0.3) is 10.9 Å². The number of rotatable bonds is 4. The van der Waals surface area contributed by atoms with Crippen LogP contribution in [0.1, 0.15) is 42.6 Å². The maximum atomic E-state index is 12.8. The van der Waals surface area contributed by atoms with E-state index < -0.39 is 0 Å². The predicted octanol–water partition coefficient (Wildman–Crippen LogP) is 4.83. The van der Waals surface area contributed by atoms with Gasteiger partial charge in [-0.25, -0.2) is 0 Å². The van der Waals surface area contributed by atoms with Crippen molar-refractivity contribution < 1.29 is 19.0 Å². The summed E-state index contributed by atoms with van der Waals surface area (Å²) >= 11 is 6.23. The lowest BCUT2D eigenvalue weighted by Gasteiger charge is -2.40. The SMILES string of the molecule is COc1cc(Cl)ccc1C1c2[nH]c3ccc(OC)c(OC)c3c2C2(CC2)CN1C(C)=O. The zero-order valence-electron chi connectivity index (χ0n) is 18.0. The van der Waals surface area contributed by atoms with Gasteiger partial charge in [-0.05, 0) is 42.7 Å². The fraction of sp³-hybridized carbons (Fsp3) is 0.375. The largest absolute Gasteiger partial charge is 0.496 e. The van der Waals surface area contributed by atoms with Crippen molar-refractivity contribution in [2.45, 2.75) is 31.2 Å². The molecule has 162 valence electrons. The number of aromatic nitrogens is 1. The highest BCUT2D eigenvalue weighted by Gasteiger charge is 2.55. The van der Waals surface area contributed by atoms with Crippen molar-refractivity contribution in [2.24, 2.45) is 0 Å². The number of H-pyrrole nitrogens is 1. The molecule has 1 fully saturated rings. The first kappa shape index (κ1) is 20.1. The van der Waals surface area contributed by atoms with Crippen molar-refractivity contribution in [3.05, 3.63) is 52.2 Å². The van der Waals surface area contributed by atoms with Gasteiger partial charge in [0, 0.05) is 46.1 Å². The summed E-state index contributed by atoms with van der Waals surface area (Å²) in [7, 11) is 4.94. The third-order valence-electron chi connectivity index (χ3n) is 6.67. The average Bonchev–Trinajstić information content (AvgIpc) is 3.41. The molecule has 0 saturated heterocycles. The molecule has 6 nitrogen and oxygen atoms in total. The molecule has 1 N–H and O–H groups in total. The van der Waals surface area contributed by atoms with Crippen LogP contribution in [0.2, 0.25) is 5.02 Å². The normalized spacial score (nSPS) is 18.7. The molecule has 1 unspecified atom stereocenters. The molecule has 0 radical (unpaired) electrons. The minimum atomic E-state index is -0.311. The molecule has 1 atom stereocenters. The number of amides is 1. The molecule has 5 rings (SSSR count). The zero-order valence-corrected chi connectivity index (χ0v) is 18.8. The summed E-state index contributed by atoms with van der Waals surface area (Å²) in [4.78, 5) is 18.4. The topological polar surface area (TPSA) is 63.8 Å². The van der Waals surface area contributed by atoms with Crippen LogP contribution in [0.3, 0.4) is 0 Å². The number of ether oxygens (including phenoxy) is 3. The third-order valence-corrected chi connectivity index (χ3v) is 6.91. The van der Waals surface area contributed by atoms with E-state index in [1.165, 1.54) is 5.56 Å². The third kappa shape index (κ3) is 2.88. The molecule has 2 aliphatic rings. The van der Waals surface area contributed by atoms with Crippen LogP contribution >= 0.6 is 11.6 Å². The van der Waals surface area contributed by atoms with Gasteiger partial charge in [0.05, 0.1) is 21.3 Å². The van der Waals surface area contributed by atoms with Gasteiger partial charge in [0.25, 0.3) is 0 Å². The monoisotopic (exact) mass is 440 g/mol. The fourth-order valence-corrected chi connectivity index (χ4v) is 5.28. The van der Waals surface area contributed by atoms with E-state index in [1.54, 1.807) is 34.3 Å². The molecule has 1 saturated carbocycles. The Bertz CT molecular complexity index is 1200. The molecule has 2 heterocycles.